The van der Waals surface area contributed by atoms with Crippen molar-refractivity contribution in [1.29, 1.82) is 0 Å². The number of methoxy groups -OCH3 is 1. The van der Waals surface area contributed by atoms with Gasteiger partial charge in [0.2, 0.25) is 0 Å². The number of benzene rings is 1. The smallest absolute Gasteiger partial charge is 0.256 e. The number of carbonyl (C=O) groups excluding carboxylic acids is 1. The molecule has 1 saturated carbocycles. The van der Waals surface area contributed by atoms with E-state index in [0.717, 1.165) is 12.8 Å². The number of hydrogen-bond donors (Lipinski definition) is 3. The summed E-state index contributed by atoms with van der Waals surface area (Å²) in [5.41, 5.74) is 1.40. The van der Waals surface area contributed by atoms with E-state index in [0.29, 0.717) is 39.3 Å². The van der Waals surface area contributed by atoms with Crippen LogP contribution in [0.2, 0.25) is 0 Å². The molecule has 1 fully saturated rings. The molecular formula is C20H20N2O5. The predicted octanol–water partition coefficient (Wildman–Crippen LogP) is 3.13. The Morgan fingerprint density at radius 1 is 1.37 bits per heavy atom. The number of rotatable bonds is 5. The van der Waals surface area contributed by atoms with Gasteiger partial charge in [0, 0.05) is 17.1 Å². The molecule has 7 nitrogen and oxygen atoms in total. The highest BCUT2D eigenvalue weighted by atomic mass is 16.5. The third-order valence-electron chi connectivity index (χ3n) is 4.95. The number of amides is 1. The van der Waals surface area contributed by atoms with Gasteiger partial charge in [0.15, 0.2) is 11.3 Å². The van der Waals surface area contributed by atoms with Crippen molar-refractivity contribution in [2.24, 2.45) is 5.92 Å². The number of H-pyrrole nitrogens is 1. The number of hydrogen-bond acceptors (Lipinski definition) is 5. The summed E-state index contributed by atoms with van der Waals surface area (Å²) in [6.45, 7) is 1.64. The molecule has 2 aromatic heterocycles. The summed E-state index contributed by atoms with van der Waals surface area (Å²) in [4.78, 5) is 27.1. The van der Waals surface area contributed by atoms with Crippen LogP contribution < -0.4 is 15.6 Å². The summed E-state index contributed by atoms with van der Waals surface area (Å²) < 4.78 is 11.2. The van der Waals surface area contributed by atoms with Gasteiger partial charge < -0.3 is 24.6 Å². The molecule has 2 heterocycles. The summed E-state index contributed by atoms with van der Waals surface area (Å²) in [7, 11) is 1.52. The number of ether oxygens (including phenoxy) is 1. The molecule has 3 aromatic rings. The van der Waals surface area contributed by atoms with Gasteiger partial charge in [-0.25, -0.2) is 0 Å². The van der Waals surface area contributed by atoms with Crippen molar-refractivity contribution in [3.63, 3.8) is 0 Å². The molecule has 0 spiro atoms. The molecule has 4 rings (SSSR count). The van der Waals surface area contributed by atoms with E-state index >= 15 is 0 Å². The summed E-state index contributed by atoms with van der Waals surface area (Å²) in [5.74, 6) is 0.749. The molecule has 7 heteroatoms. The van der Waals surface area contributed by atoms with E-state index < -0.39 is 6.10 Å². The predicted molar refractivity (Wildman–Crippen MR) is 100 cm³/mol. The second-order valence-corrected chi connectivity index (χ2v) is 6.79. The standard InChI is InChI=1S/C20H20N2O5/c1-10-14(7-8-21-19(10)24)22-20(25)12-5-6-15(26-2)18-13(12)9-16(27-18)17(23)11-3-4-11/h5-9,11,17,23H,3-4H2,1-2H3,(H2,21,22,24,25). The molecule has 1 aliphatic rings. The number of furan rings is 1. The fraction of sp³-hybridized carbons (Fsp3) is 0.300. The first-order valence-electron chi connectivity index (χ1n) is 8.77. The Balaban J connectivity index is 1.75. The second-order valence-electron chi connectivity index (χ2n) is 6.79. The first-order valence-corrected chi connectivity index (χ1v) is 8.77. The molecule has 3 N–H and O–H groups in total. The van der Waals surface area contributed by atoms with Crippen molar-refractivity contribution in [1.82, 2.24) is 4.98 Å². The minimum Gasteiger partial charge on any atom is -0.493 e. The summed E-state index contributed by atoms with van der Waals surface area (Å²) in [5, 5.41) is 13.7. The molecule has 0 saturated heterocycles. The van der Waals surface area contributed by atoms with E-state index in [1.165, 1.54) is 13.3 Å². The average molecular weight is 368 g/mol. The van der Waals surface area contributed by atoms with Crippen molar-refractivity contribution in [3.05, 3.63) is 57.7 Å². The highest BCUT2D eigenvalue weighted by Gasteiger charge is 2.33. The zero-order chi connectivity index (χ0) is 19.1. The van der Waals surface area contributed by atoms with Crippen LogP contribution in [-0.2, 0) is 0 Å². The van der Waals surface area contributed by atoms with Crippen LogP contribution in [0, 0.1) is 12.8 Å². The topological polar surface area (TPSA) is 105 Å². The van der Waals surface area contributed by atoms with Crippen molar-refractivity contribution >= 4 is 22.6 Å². The Morgan fingerprint density at radius 3 is 2.85 bits per heavy atom. The van der Waals surface area contributed by atoms with Crippen molar-refractivity contribution in [2.45, 2.75) is 25.9 Å². The monoisotopic (exact) mass is 368 g/mol. The second kappa shape index (κ2) is 6.59. The summed E-state index contributed by atoms with van der Waals surface area (Å²) >= 11 is 0. The Bertz CT molecular complexity index is 1080. The zero-order valence-electron chi connectivity index (χ0n) is 15.0. The van der Waals surface area contributed by atoms with Crippen LogP contribution in [0.3, 0.4) is 0 Å². The van der Waals surface area contributed by atoms with Crippen molar-refractivity contribution in [2.75, 3.05) is 12.4 Å². The highest BCUT2D eigenvalue weighted by Crippen LogP contribution is 2.43. The number of aliphatic hydroxyl groups excluding tert-OH is 1. The van der Waals surface area contributed by atoms with Crippen LogP contribution >= 0.6 is 0 Å². The first kappa shape index (κ1) is 17.4. The quantitative estimate of drug-likeness (QED) is 0.642. The maximum absolute atomic E-state index is 12.8. The largest absolute Gasteiger partial charge is 0.493 e. The fourth-order valence-electron chi connectivity index (χ4n) is 3.15. The molecule has 0 aliphatic heterocycles. The van der Waals surface area contributed by atoms with Gasteiger partial charge in [-0.1, -0.05) is 0 Å². The Morgan fingerprint density at radius 2 is 2.15 bits per heavy atom. The molecule has 1 aliphatic carbocycles. The lowest BCUT2D eigenvalue weighted by atomic mass is 10.1. The van der Waals surface area contributed by atoms with Gasteiger partial charge in [0.25, 0.3) is 11.5 Å². The molecule has 1 aromatic carbocycles. The minimum absolute atomic E-state index is 0.201. The number of fused-ring (bicyclic) bond motifs is 1. The van der Waals surface area contributed by atoms with Gasteiger partial charge in [-0.3, -0.25) is 9.59 Å². The van der Waals surface area contributed by atoms with Crippen LogP contribution in [-0.4, -0.2) is 23.1 Å². The normalized spacial score (nSPS) is 14.9. The van der Waals surface area contributed by atoms with Crippen molar-refractivity contribution in [3.8, 4) is 5.75 Å². The Labute approximate surface area is 155 Å². The lowest BCUT2D eigenvalue weighted by molar-refractivity contribution is 0.102. The number of carbonyl (C=O) groups is 1. The van der Waals surface area contributed by atoms with E-state index in [1.807, 2.05) is 0 Å². The SMILES string of the molecule is COc1ccc(C(=O)Nc2cc[nH]c(=O)c2C)c2cc(C(O)C3CC3)oc12. The Hall–Kier alpha value is -3.06. The summed E-state index contributed by atoms with van der Waals surface area (Å²) in [6, 6.07) is 6.62. The number of nitrogens with one attached hydrogen (secondary N) is 2. The van der Waals surface area contributed by atoms with Gasteiger partial charge in [0.1, 0.15) is 11.9 Å². The van der Waals surface area contributed by atoms with Crippen LogP contribution in [0.4, 0.5) is 5.69 Å². The molecule has 1 unspecified atom stereocenters. The maximum atomic E-state index is 12.8. The third kappa shape index (κ3) is 3.10. The van der Waals surface area contributed by atoms with Gasteiger partial charge in [-0.2, -0.15) is 0 Å². The molecule has 0 bridgehead atoms. The number of anilines is 1. The lowest BCUT2D eigenvalue weighted by Crippen LogP contribution is -2.17. The number of aromatic amines is 1. The van der Waals surface area contributed by atoms with Crippen LogP contribution in [0.5, 0.6) is 5.75 Å². The minimum atomic E-state index is -0.687. The van der Waals surface area contributed by atoms with Crippen molar-refractivity contribution < 1.29 is 19.1 Å². The molecule has 27 heavy (non-hydrogen) atoms. The zero-order valence-corrected chi connectivity index (χ0v) is 15.0. The molecule has 1 amide bonds. The van der Waals surface area contributed by atoms with E-state index in [-0.39, 0.29) is 17.4 Å². The van der Waals surface area contributed by atoms with Gasteiger partial charge >= 0.3 is 0 Å². The fourth-order valence-corrected chi connectivity index (χ4v) is 3.15. The average Bonchev–Trinajstić information content (AvgIpc) is 3.41. The lowest BCUT2D eigenvalue weighted by Gasteiger charge is -2.09. The van der Waals surface area contributed by atoms with Crippen LogP contribution in [0.25, 0.3) is 11.0 Å². The van der Waals surface area contributed by atoms with E-state index in [2.05, 4.69) is 10.3 Å². The Kier molecular flexibility index (Phi) is 4.24. The van der Waals surface area contributed by atoms with Gasteiger partial charge in [0.05, 0.1) is 18.4 Å². The van der Waals surface area contributed by atoms with E-state index in [1.54, 1.807) is 31.2 Å². The third-order valence-corrected chi connectivity index (χ3v) is 4.95. The van der Waals surface area contributed by atoms with Gasteiger partial charge in [-0.15, -0.1) is 0 Å². The first-order chi connectivity index (χ1) is 13.0. The molecule has 1 atom stereocenters. The number of aliphatic hydroxyl groups is 1. The van der Waals surface area contributed by atoms with Gasteiger partial charge in [-0.05, 0) is 49.9 Å². The van der Waals surface area contributed by atoms with E-state index in [9.17, 15) is 14.7 Å². The summed E-state index contributed by atoms with van der Waals surface area (Å²) in [6.07, 6.45) is 2.72. The molecule has 0 radical (unpaired) electrons. The highest BCUT2D eigenvalue weighted by molar-refractivity contribution is 6.13. The van der Waals surface area contributed by atoms with Crippen LogP contribution in [0.1, 0.15) is 40.6 Å². The number of aromatic nitrogens is 1. The van der Waals surface area contributed by atoms with E-state index in [4.69, 9.17) is 9.15 Å². The molecule has 140 valence electrons. The molecular weight excluding hydrogens is 348 g/mol. The number of pyridine rings is 1. The van der Waals surface area contributed by atoms with Crippen LogP contribution in [0.15, 0.2) is 39.7 Å². The maximum Gasteiger partial charge on any atom is 0.256 e.